The van der Waals surface area contributed by atoms with E-state index in [0.29, 0.717) is 12.3 Å². The number of hydrogen-bond donors (Lipinski definition) is 1. The number of hydrogen-bond acceptors (Lipinski definition) is 4. The van der Waals surface area contributed by atoms with Crippen LogP contribution in [-0.2, 0) is 11.8 Å². The predicted molar refractivity (Wildman–Crippen MR) is 78.8 cm³/mol. The van der Waals surface area contributed by atoms with E-state index >= 15 is 0 Å². The van der Waals surface area contributed by atoms with Crippen LogP contribution in [-0.4, -0.2) is 21.4 Å². The van der Waals surface area contributed by atoms with Gasteiger partial charge < -0.3 is 9.63 Å². The van der Waals surface area contributed by atoms with Crippen molar-refractivity contribution in [3.05, 3.63) is 11.7 Å². The van der Waals surface area contributed by atoms with Crippen LogP contribution in [0.15, 0.2) is 4.52 Å². The molecule has 0 spiro atoms. The zero-order valence-electron chi connectivity index (χ0n) is 12.9. The van der Waals surface area contributed by atoms with Gasteiger partial charge in [0, 0.05) is 5.41 Å². The summed E-state index contributed by atoms with van der Waals surface area (Å²) < 4.78 is 5.45. The number of aliphatic hydroxyl groups excluding tert-OH is 1. The third kappa shape index (κ3) is 2.41. The Bertz CT molecular complexity index is 475. The van der Waals surface area contributed by atoms with E-state index in [0.717, 1.165) is 36.4 Å². The summed E-state index contributed by atoms with van der Waals surface area (Å²) in [7, 11) is 0. The predicted octanol–water partition coefficient (Wildman–Crippen LogP) is 3.24. The molecule has 0 aromatic carbocycles. The molecule has 4 heteroatoms. The van der Waals surface area contributed by atoms with E-state index in [1.54, 1.807) is 0 Å². The molecule has 0 saturated heterocycles. The van der Waals surface area contributed by atoms with Gasteiger partial charge in [0.25, 0.3) is 0 Å². The molecule has 4 nitrogen and oxygen atoms in total. The Morgan fingerprint density at radius 1 is 1.19 bits per heavy atom. The van der Waals surface area contributed by atoms with Crippen molar-refractivity contribution in [2.75, 3.05) is 0 Å². The molecule has 4 aliphatic rings. The first-order chi connectivity index (χ1) is 10.2. The van der Waals surface area contributed by atoms with Gasteiger partial charge in [0.15, 0.2) is 5.82 Å². The molecule has 1 atom stereocenters. The minimum absolute atomic E-state index is 0.201. The monoisotopic (exact) mass is 290 g/mol. The zero-order valence-corrected chi connectivity index (χ0v) is 12.9. The lowest BCUT2D eigenvalue weighted by Crippen LogP contribution is -2.49. The van der Waals surface area contributed by atoms with E-state index < -0.39 is 0 Å². The summed E-state index contributed by atoms with van der Waals surface area (Å²) in [6.07, 6.45) is 10.0. The minimum Gasteiger partial charge on any atom is -0.393 e. The average molecular weight is 290 g/mol. The van der Waals surface area contributed by atoms with Gasteiger partial charge in [-0.25, -0.2) is 0 Å². The molecule has 1 aromatic rings. The van der Waals surface area contributed by atoms with Crippen molar-refractivity contribution in [1.29, 1.82) is 0 Å². The molecule has 4 bridgehead atoms. The minimum atomic E-state index is -0.348. The molecule has 1 N–H and O–H groups in total. The quantitative estimate of drug-likeness (QED) is 0.904. The lowest BCUT2D eigenvalue weighted by atomic mass is 9.49. The van der Waals surface area contributed by atoms with Crippen LogP contribution >= 0.6 is 0 Å². The average Bonchev–Trinajstić information content (AvgIpc) is 2.86. The molecule has 5 rings (SSSR count). The lowest BCUT2D eigenvalue weighted by molar-refractivity contribution is -0.0103. The maximum absolute atomic E-state index is 9.92. The Hall–Kier alpha value is -0.900. The van der Waals surface area contributed by atoms with Gasteiger partial charge in [0.2, 0.25) is 5.89 Å². The standard InChI is InChI=1S/C17H26N2O2/c1-2-3-14(20)7-15-18-16(19-21-15)17-8-11-4-12(9-17)6-13(5-11)10-17/h11-14,20H,2-10H2,1H3. The fourth-order valence-electron chi connectivity index (χ4n) is 5.57. The molecule has 4 aliphatic carbocycles. The molecular formula is C17H26N2O2. The van der Waals surface area contributed by atoms with Crippen LogP contribution in [0, 0.1) is 17.8 Å². The van der Waals surface area contributed by atoms with E-state index in [4.69, 9.17) is 4.52 Å². The van der Waals surface area contributed by atoms with Crippen molar-refractivity contribution in [2.45, 2.75) is 76.2 Å². The van der Waals surface area contributed by atoms with Gasteiger partial charge in [0.05, 0.1) is 12.5 Å². The van der Waals surface area contributed by atoms with Crippen LogP contribution in [0.5, 0.6) is 0 Å². The number of aliphatic hydroxyl groups is 1. The Morgan fingerprint density at radius 2 is 1.81 bits per heavy atom. The van der Waals surface area contributed by atoms with Crippen molar-refractivity contribution < 1.29 is 9.63 Å². The third-order valence-corrected chi connectivity index (χ3v) is 6.01. The Balaban J connectivity index is 1.53. The fraction of sp³-hybridized carbons (Fsp3) is 0.882. The first kappa shape index (κ1) is 13.7. The van der Waals surface area contributed by atoms with Gasteiger partial charge >= 0.3 is 0 Å². The van der Waals surface area contributed by atoms with Gasteiger partial charge in [-0.2, -0.15) is 4.98 Å². The second kappa shape index (κ2) is 5.08. The molecule has 1 heterocycles. The Morgan fingerprint density at radius 3 is 2.38 bits per heavy atom. The molecule has 0 radical (unpaired) electrons. The highest BCUT2D eigenvalue weighted by Crippen LogP contribution is 2.60. The second-order valence-corrected chi connectivity index (χ2v) is 7.86. The Kier molecular flexibility index (Phi) is 3.32. The molecule has 4 fully saturated rings. The summed E-state index contributed by atoms with van der Waals surface area (Å²) in [5, 5.41) is 14.2. The first-order valence-corrected chi connectivity index (χ1v) is 8.68. The maximum Gasteiger partial charge on any atom is 0.229 e. The van der Waals surface area contributed by atoms with Gasteiger partial charge in [0.1, 0.15) is 0 Å². The summed E-state index contributed by atoms with van der Waals surface area (Å²) in [4.78, 5) is 4.68. The van der Waals surface area contributed by atoms with E-state index in [-0.39, 0.29) is 11.5 Å². The third-order valence-electron chi connectivity index (χ3n) is 6.01. The van der Waals surface area contributed by atoms with Gasteiger partial charge in [-0.3, -0.25) is 0 Å². The molecule has 1 unspecified atom stereocenters. The second-order valence-electron chi connectivity index (χ2n) is 7.86. The largest absolute Gasteiger partial charge is 0.393 e. The molecule has 0 aliphatic heterocycles. The van der Waals surface area contributed by atoms with Crippen molar-refractivity contribution in [3.63, 3.8) is 0 Å². The zero-order chi connectivity index (χ0) is 14.4. The van der Waals surface area contributed by atoms with Crippen LogP contribution in [0.3, 0.4) is 0 Å². The normalized spacial score (nSPS) is 38.9. The molecule has 0 amide bonds. The molecule has 21 heavy (non-hydrogen) atoms. The number of aromatic nitrogens is 2. The molecular weight excluding hydrogens is 264 g/mol. The van der Waals surface area contributed by atoms with Crippen LogP contribution in [0.4, 0.5) is 0 Å². The highest BCUT2D eigenvalue weighted by molar-refractivity contribution is 5.16. The summed E-state index contributed by atoms with van der Waals surface area (Å²) in [6, 6.07) is 0. The van der Waals surface area contributed by atoms with Crippen LogP contribution in [0.25, 0.3) is 0 Å². The van der Waals surface area contributed by atoms with Gasteiger partial charge in [-0.1, -0.05) is 18.5 Å². The summed E-state index contributed by atoms with van der Waals surface area (Å²) >= 11 is 0. The van der Waals surface area contributed by atoms with E-state index in [1.165, 1.54) is 38.5 Å². The Labute approximate surface area is 126 Å². The number of nitrogens with zero attached hydrogens (tertiary/aromatic N) is 2. The van der Waals surface area contributed by atoms with Crippen molar-refractivity contribution >= 4 is 0 Å². The highest BCUT2D eigenvalue weighted by atomic mass is 16.5. The molecule has 1 aromatic heterocycles. The molecule has 4 saturated carbocycles. The molecule has 116 valence electrons. The van der Waals surface area contributed by atoms with E-state index in [9.17, 15) is 5.11 Å². The van der Waals surface area contributed by atoms with Crippen LogP contribution in [0.2, 0.25) is 0 Å². The van der Waals surface area contributed by atoms with E-state index in [1.807, 2.05) is 0 Å². The SMILES string of the molecule is CCCC(O)Cc1nc(C23CC4CC(CC(C4)C2)C3)no1. The first-order valence-electron chi connectivity index (χ1n) is 8.68. The number of rotatable bonds is 5. The fourth-order valence-corrected chi connectivity index (χ4v) is 5.57. The van der Waals surface area contributed by atoms with Gasteiger partial charge in [-0.05, 0) is 62.7 Å². The topological polar surface area (TPSA) is 59.2 Å². The van der Waals surface area contributed by atoms with Crippen LogP contribution in [0.1, 0.15) is 70.0 Å². The van der Waals surface area contributed by atoms with Crippen molar-refractivity contribution in [1.82, 2.24) is 10.1 Å². The van der Waals surface area contributed by atoms with Crippen molar-refractivity contribution in [2.24, 2.45) is 17.8 Å². The smallest absolute Gasteiger partial charge is 0.229 e. The van der Waals surface area contributed by atoms with Crippen molar-refractivity contribution in [3.8, 4) is 0 Å². The summed E-state index contributed by atoms with van der Waals surface area (Å²) in [5.41, 5.74) is 0.201. The highest BCUT2D eigenvalue weighted by Gasteiger charge is 2.53. The summed E-state index contributed by atoms with van der Waals surface area (Å²) in [6.45, 7) is 2.08. The maximum atomic E-state index is 9.92. The van der Waals surface area contributed by atoms with Crippen LogP contribution < -0.4 is 0 Å². The van der Waals surface area contributed by atoms with Gasteiger partial charge in [-0.15, -0.1) is 0 Å². The lowest BCUT2D eigenvalue weighted by Gasteiger charge is -2.55. The van der Waals surface area contributed by atoms with E-state index in [2.05, 4.69) is 17.1 Å². The summed E-state index contributed by atoms with van der Waals surface area (Å²) in [5.74, 6) is 4.25.